The third-order valence-electron chi connectivity index (χ3n) is 8.61. The lowest BCUT2D eigenvalue weighted by molar-refractivity contribution is 0.799. The van der Waals surface area contributed by atoms with Crippen molar-refractivity contribution < 1.29 is 0 Å². The lowest BCUT2D eigenvalue weighted by Crippen LogP contribution is -1.90. The topological polar surface area (TPSA) is 109 Å². The molecule has 2 N–H and O–H groups in total. The van der Waals surface area contributed by atoms with Crippen LogP contribution >= 0.6 is 23.2 Å². The van der Waals surface area contributed by atoms with Gasteiger partial charge >= 0.3 is 0 Å². The molecule has 2 aliphatic rings. The fraction of sp³-hybridized carbons (Fsp3) is 0.111. The first-order valence-electron chi connectivity index (χ1n) is 15.2. The quantitative estimate of drug-likeness (QED) is 0.199. The van der Waals surface area contributed by atoms with E-state index in [0.717, 1.165) is 68.6 Å². The molecule has 46 heavy (non-hydrogen) atoms. The van der Waals surface area contributed by atoms with Crippen molar-refractivity contribution in [3.63, 3.8) is 0 Å². The van der Waals surface area contributed by atoms with Gasteiger partial charge in [-0.2, -0.15) is 0 Å². The molecule has 0 aliphatic carbocycles. The summed E-state index contributed by atoms with van der Waals surface area (Å²) < 4.78 is 0. The van der Waals surface area contributed by atoms with Crippen molar-refractivity contribution in [2.24, 2.45) is 0 Å². The molecule has 10 heteroatoms. The zero-order valence-electron chi connectivity index (χ0n) is 24.6. The average molecular weight is 640 g/mol. The summed E-state index contributed by atoms with van der Waals surface area (Å²) in [6.45, 7) is 2.15. The van der Waals surface area contributed by atoms with Gasteiger partial charge in [-0.1, -0.05) is 109 Å². The number of halogens is 2. The van der Waals surface area contributed by atoms with E-state index in [9.17, 15) is 0 Å². The minimum absolute atomic E-state index is 0.469. The predicted molar refractivity (Wildman–Crippen MR) is 185 cm³/mol. The summed E-state index contributed by atoms with van der Waals surface area (Å²) in [6.07, 6.45) is 2.69. The molecule has 4 aromatic carbocycles. The number of unbranched alkanes of at least 4 members (excludes halogenated alkanes) is 1. The standard InChI is InChI=1S/C36H24Cl2N8/c1-2-3-10-24-27-25(17-26(37)28(24)38)35-44-33-21-14-7-6-13-20(21)31(42-33)40-29-18-11-4-5-12-19(18)30(39-29)41-32-22-15-8-9-16-23(22)34(43-32)45-36(27)46-35/h4-9,11-17H,2-3,10H2,1H3,(H2,39,40,41,42,43,44,45,46). The van der Waals surface area contributed by atoms with E-state index in [1.54, 1.807) is 0 Å². The molecule has 8 bridgehead atoms. The van der Waals surface area contributed by atoms with Gasteiger partial charge in [0, 0.05) is 43.8 Å². The molecule has 0 spiro atoms. The van der Waals surface area contributed by atoms with Crippen molar-refractivity contribution in [3.8, 4) is 45.6 Å². The predicted octanol–water partition coefficient (Wildman–Crippen LogP) is 9.52. The second-order valence-electron chi connectivity index (χ2n) is 11.4. The number of aryl methyl sites for hydroxylation is 1. The van der Waals surface area contributed by atoms with Gasteiger partial charge < -0.3 is 9.97 Å². The number of aromatic nitrogens is 8. The van der Waals surface area contributed by atoms with Crippen molar-refractivity contribution >= 4 is 67.3 Å². The molecule has 5 heterocycles. The Morgan fingerprint density at radius 2 is 0.978 bits per heavy atom. The Morgan fingerprint density at radius 3 is 1.48 bits per heavy atom. The van der Waals surface area contributed by atoms with Crippen molar-refractivity contribution in [1.82, 2.24) is 39.9 Å². The number of nitrogens with one attached hydrogen (secondary N) is 2. The lowest BCUT2D eigenvalue weighted by Gasteiger charge is -2.08. The Kier molecular flexibility index (Phi) is 6.16. The number of fused-ring (bicyclic) bond motifs is 20. The van der Waals surface area contributed by atoms with Crippen LogP contribution in [0, 0.1) is 0 Å². The van der Waals surface area contributed by atoms with Crippen LogP contribution in [0.1, 0.15) is 25.3 Å². The Hall–Kier alpha value is -5.18. The average Bonchev–Trinajstić information content (AvgIpc) is 3.80. The van der Waals surface area contributed by atoms with Crippen molar-refractivity contribution in [2.45, 2.75) is 26.2 Å². The van der Waals surface area contributed by atoms with Crippen LogP contribution in [0.15, 0.2) is 78.9 Å². The van der Waals surface area contributed by atoms with Gasteiger partial charge in [0.1, 0.15) is 22.6 Å². The molecule has 9 rings (SSSR count). The maximum absolute atomic E-state index is 6.89. The van der Waals surface area contributed by atoms with Gasteiger partial charge in [-0.05, 0) is 24.5 Å². The van der Waals surface area contributed by atoms with Crippen molar-refractivity contribution in [3.05, 3.63) is 94.5 Å². The van der Waals surface area contributed by atoms with E-state index in [0.29, 0.717) is 55.9 Å². The Bertz CT molecular complexity index is 2570. The number of hydrogen-bond donors (Lipinski definition) is 2. The van der Waals surface area contributed by atoms with Crippen LogP contribution in [0.2, 0.25) is 10.0 Å². The highest BCUT2D eigenvalue weighted by atomic mass is 35.5. The Balaban J connectivity index is 1.50. The normalized spacial score (nSPS) is 12.1. The molecular weight excluding hydrogens is 615 g/mol. The number of aromatic amines is 2. The van der Waals surface area contributed by atoms with Gasteiger partial charge in [-0.25, -0.2) is 29.9 Å². The van der Waals surface area contributed by atoms with Crippen LogP contribution in [0.3, 0.4) is 0 Å². The summed E-state index contributed by atoms with van der Waals surface area (Å²) in [7, 11) is 0. The number of nitrogens with zero attached hydrogens (tertiary/aromatic N) is 6. The van der Waals surface area contributed by atoms with Crippen LogP contribution in [-0.2, 0) is 6.42 Å². The van der Waals surface area contributed by atoms with Crippen LogP contribution in [0.5, 0.6) is 0 Å². The first kappa shape index (κ1) is 27.2. The van der Waals surface area contributed by atoms with Crippen LogP contribution < -0.4 is 0 Å². The van der Waals surface area contributed by atoms with Crippen LogP contribution in [0.25, 0.3) is 89.7 Å². The molecule has 2 aliphatic heterocycles. The zero-order valence-corrected chi connectivity index (χ0v) is 26.1. The number of hydrogen-bond acceptors (Lipinski definition) is 6. The van der Waals surface area contributed by atoms with Crippen LogP contribution in [-0.4, -0.2) is 39.9 Å². The first-order chi connectivity index (χ1) is 22.6. The number of H-pyrrole nitrogens is 2. The van der Waals surface area contributed by atoms with Gasteiger partial charge in [0.2, 0.25) is 0 Å². The van der Waals surface area contributed by atoms with Gasteiger partial charge in [-0.3, -0.25) is 0 Å². The van der Waals surface area contributed by atoms with E-state index in [1.165, 1.54) is 0 Å². The van der Waals surface area contributed by atoms with E-state index < -0.39 is 0 Å². The summed E-state index contributed by atoms with van der Waals surface area (Å²) in [6, 6.07) is 25.9. The number of benzene rings is 4. The monoisotopic (exact) mass is 638 g/mol. The Morgan fingerprint density at radius 1 is 0.543 bits per heavy atom. The SMILES string of the molecule is CCCCc1c(Cl)c(Cl)cc2c3nc4nc(nc5[nH]c(nc6nc(nc([nH]3)c12)-c1ccccc1-6)c1ccccc51)-c1ccccc1-4. The molecule has 0 amide bonds. The van der Waals surface area contributed by atoms with Crippen molar-refractivity contribution in [1.29, 1.82) is 0 Å². The molecule has 3 aromatic heterocycles. The van der Waals surface area contributed by atoms with Gasteiger partial charge in [0.25, 0.3) is 0 Å². The third kappa shape index (κ3) is 4.14. The molecular formula is C36H24Cl2N8. The maximum Gasteiger partial charge on any atom is 0.164 e. The number of rotatable bonds is 3. The summed E-state index contributed by atoms with van der Waals surface area (Å²) in [4.78, 5) is 37.3. The van der Waals surface area contributed by atoms with Gasteiger partial charge in [0.15, 0.2) is 23.3 Å². The fourth-order valence-corrected chi connectivity index (χ4v) is 6.88. The maximum atomic E-state index is 6.89. The molecule has 0 saturated heterocycles. The Labute approximate surface area is 272 Å². The zero-order chi connectivity index (χ0) is 30.9. The second kappa shape index (κ2) is 10.4. The fourth-order valence-electron chi connectivity index (χ4n) is 6.41. The van der Waals surface area contributed by atoms with E-state index in [4.69, 9.17) is 53.1 Å². The van der Waals surface area contributed by atoms with Crippen molar-refractivity contribution in [2.75, 3.05) is 0 Å². The summed E-state index contributed by atoms with van der Waals surface area (Å²) in [5.41, 5.74) is 6.99. The van der Waals surface area contributed by atoms with E-state index in [-0.39, 0.29) is 0 Å². The van der Waals surface area contributed by atoms with Crippen LogP contribution in [0.4, 0.5) is 0 Å². The van der Waals surface area contributed by atoms with E-state index in [2.05, 4.69) is 16.9 Å². The molecule has 0 unspecified atom stereocenters. The smallest absolute Gasteiger partial charge is 0.164 e. The summed E-state index contributed by atoms with van der Waals surface area (Å²) >= 11 is 13.6. The molecule has 0 saturated carbocycles. The summed E-state index contributed by atoms with van der Waals surface area (Å²) in [5, 5.41) is 4.55. The summed E-state index contributed by atoms with van der Waals surface area (Å²) in [5.74, 6) is 2.21. The first-order valence-corrected chi connectivity index (χ1v) is 15.9. The van der Waals surface area contributed by atoms with E-state index in [1.807, 2.05) is 78.9 Å². The largest absolute Gasteiger partial charge is 0.324 e. The highest BCUT2D eigenvalue weighted by molar-refractivity contribution is 6.44. The van der Waals surface area contributed by atoms with Gasteiger partial charge in [-0.15, -0.1) is 0 Å². The highest BCUT2D eigenvalue weighted by Crippen LogP contribution is 2.40. The van der Waals surface area contributed by atoms with Gasteiger partial charge in [0.05, 0.1) is 10.0 Å². The molecule has 0 atom stereocenters. The molecule has 0 fully saturated rings. The third-order valence-corrected chi connectivity index (χ3v) is 9.44. The highest BCUT2D eigenvalue weighted by Gasteiger charge is 2.23. The minimum Gasteiger partial charge on any atom is -0.324 e. The second-order valence-corrected chi connectivity index (χ2v) is 12.2. The lowest BCUT2D eigenvalue weighted by atomic mass is 10.0. The molecule has 7 aromatic rings. The molecule has 222 valence electrons. The van der Waals surface area contributed by atoms with E-state index >= 15 is 0 Å². The molecule has 8 nitrogen and oxygen atoms in total. The minimum atomic E-state index is 0.469. The molecule has 0 radical (unpaired) electrons.